The summed E-state index contributed by atoms with van der Waals surface area (Å²) in [6.07, 6.45) is 1.65. The van der Waals surface area contributed by atoms with E-state index in [4.69, 9.17) is 14.6 Å². The van der Waals surface area contributed by atoms with Crippen LogP contribution in [0, 0.1) is 14.4 Å². The van der Waals surface area contributed by atoms with Gasteiger partial charge in [-0.05, 0) is 70.9 Å². The van der Waals surface area contributed by atoms with Gasteiger partial charge in [-0.2, -0.15) is 0 Å². The normalized spacial score (nSPS) is 20.3. The van der Waals surface area contributed by atoms with Crippen molar-refractivity contribution in [3.05, 3.63) is 43.8 Å². The highest BCUT2D eigenvalue weighted by molar-refractivity contribution is 14.1. The molecule has 0 aromatic heterocycles. The Bertz CT molecular complexity index is 1290. The van der Waals surface area contributed by atoms with Crippen molar-refractivity contribution < 1.29 is 38.9 Å². The van der Waals surface area contributed by atoms with E-state index < -0.39 is 24.5 Å². The van der Waals surface area contributed by atoms with Gasteiger partial charge in [0, 0.05) is 47.8 Å². The lowest BCUT2D eigenvalue weighted by atomic mass is 9.63. The maximum atomic E-state index is 13.9. The zero-order valence-corrected chi connectivity index (χ0v) is 25.7. The van der Waals surface area contributed by atoms with Gasteiger partial charge >= 0.3 is 11.9 Å². The number of rotatable bonds is 9. The number of nitrogens with zero attached hydrogens (tertiary/aromatic N) is 1. The number of hydrogen-bond acceptors (Lipinski definition) is 7. The maximum Gasteiger partial charge on any atom is 0.341 e. The summed E-state index contributed by atoms with van der Waals surface area (Å²) in [5.74, 6) is -2.17. The van der Waals surface area contributed by atoms with Gasteiger partial charge in [-0.15, -0.1) is 0 Å². The molecule has 2 N–H and O–H groups in total. The van der Waals surface area contributed by atoms with Gasteiger partial charge in [-0.3, -0.25) is 14.4 Å². The number of carboxylic acids is 2. The summed E-state index contributed by atoms with van der Waals surface area (Å²) in [6, 6.07) is 3.57. The Labute approximate surface area is 247 Å². The molecule has 0 spiro atoms. The predicted molar refractivity (Wildman–Crippen MR) is 155 cm³/mol. The smallest absolute Gasteiger partial charge is 0.341 e. The van der Waals surface area contributed by atoms with Gasteiger partial charge in [0.05, 0.1) is 16.6 Å². The Hall–Kier alpha value is -2.89. The number of Topliss-reactive ketones (excluding diaryl/α,β-unsaturated/α-hetero) is 2. The average Bonchev–Trinajstić information content (AvgIpc) is 2.80. The monoisotopic (exact) mass is 665 g/mol. The summed E-state index contributed by atoms with van der Waals surface area (Å²) in [4.78, 5) is 52.6. The van der Waals surface area contributed by atoms with Gasteiger partial charge < -0.3 is 24.6 Å². The summed E-state index contributed by atoms with van der Waals surface area (Å²) in [6.45, 7) is 9.88. The van der Waals surface area contributed by atoms with Crippen molar-refractivity contribution in [3.8, 4) is 11.5 Å². The molecule has 10 heteroatoms. The second kappa shape index (κ2) is 11.2. The van der Waals surface area contributed by atoms with E-state index in [2.05, 4.69) is 22.6 Å². The van der Waals surface area contributed by atoms with E-state index >= 15 is 0 Å². The van der Waals surface area contributed by atoms with E-state index in [0.29, 0.717) is 64.1 Å². The van der Waals surface area contributed by atoms with Crippen LogP contribution in [-0.4, -0.2) is 58.4 Å². The number of allylic oxidation sites excluding steroid dienone is 4. The van der Waals surface area contributed by atoms with Crippen LogP contribution in [0.25, 0.3) is 0 Å². The molecule has 3 aliphatic rings. The third-order valence-electron chi connectivity index (χ3n) is 7.58. The van der Waals surface area contributed by atoms with Crippen LogP contribution in [0.3, 0.4) is 0 Å². The molecule has 0 fully saturated rings. The van der Waals surface area contributed by atoms with E-state index in [1.165, 1.54) is 0 Å². The van der Waals surface area contributed by atoms with Crippen molar-refractivity contribution in [2.75, 3.05) is 19.8 Å². The molecule has 0 saturated heterocycles. The number of carboxylic acid groups (broad SMARTS) is 2. The van der Waals surface area contributed by atoms with Gasteiger partial charge in [0.25, 0.3) is 0 Å². The Balaban J connectivity index is 1.98. The van der Waals surface area contributed by atoms with Crippen LogP contribution in [0.1, 0.15) is 78.2 Å². The van der Waals surface area contributed by atoms with Crippen LogP contribution in [0.5, 0.6) is 11.5 Å². The number of aliphatic carboxylic acids is 2. The molecule has 9 nitrogen and oxygen atoms in total. The number of ether oxygens (including phenoxy) is 2. The fourth-order valence-electron chi connectivity index (χ4n) is 6.15. The Morgan fingerprint density at radius 2 is 1.48 bits per heavy atom. The number of benzene rings is 1. The Morgan fingerprint density at radius 1 is 0.925 bits per heavy atom. The summed E-state index contributed by atoms with van der Waals surface area (Å²) in [7, 11) is 0. The van der Waals surface area contributed by atoms with Crippen molar-refractivity contribution in [1.82, 2.24) is 4.90 Å². The van der Waals surface area contributed by atoms with Gasteiger partial charge in [-0.25, -0.2) is 4.79 Å². The molecule has 1 aromatic carbocycles. The molecule has 0 unspecified atom stereocenters. The Kier molecular flexibility index (Phi) is 8.40. The molecule has 40 heavy (non-hydrogen) atoms. The lowest BCUT2D eigenvalue weighted by Gasteiger charge is -2.49. The van der Waals surface area contributed by atoms with Crippen LogP contribution >= 0.6 is 22.6 Å². The summed E-state index contributed by atoms with van der Waals surface area (Å²) in [5.41, 5.74) is 2.69. The highest BCUT2D eigenvalue weighted by Gasteiger charge is 2.49. The zero-order valence-electron chi connectivity index (χ0n) is 23.6. The number of carbonyl (C=O) groups is 4. The van der Waals surface area contributed by atoms with E-state index in [-0.39, 0.29) is 35.4 Å². The first-order valence-corrected chi connectivity index (χ1v) is 14.5. The van der Waals surface area contributed by atoms with E-state index in [1.54, 1.807) is 6.07 Å². The molecule has 216 valence electrons. The van der Waals surface area contributed by atoms with Crippen LogP contribution in [0.4, 0.5) is 0 Å². The summed E-state index contributed by atoms with van der Waals surface area (Å²) < 4.78 is 12.0. The fourth-order valence-corrected chi connectivity index (χ4v) is 6.93. The Morgan fingerprint density at radius 3 is 1.95 bits per heavy atom. The second-order valence-corrected chi connectivity index (χ2v) is 13.4. The number of halogens is 1. The van der Waals surface area contributed by atoms with Gasteiger partial charge in [0.2, 0.25) is 0 Å². The van der Waals surface area contributed by atoms with Gasteiger partial charge in [0.1, 0.15) is 0 Å². The van der Waals surface area contributed by atoms with Crippen molar-refractivity contribution in [2.45, 2.75) is 72.6 Å². The average molecular weight is 666 g/mol. The largest absolute Gasteiger partial charge is 0.490 e. The first kappa shape index (κ1) is 30.1. The lowest BCUT2D eigenvalue weighted by molar-refractivity contribution is -0.139. The standard InChI is InChI=1S/C30H36INO8/c1-6-39-22-10-16(9-17(31)28(22)40-15-24(37)38)25-26-18(11-29(2,3)13-20(26)33)32(8-7-23(35)36)19-12-30(4,5)14-21(34)27(19)25/h9-10,25H,6-8,11-15H2,1-5H3,(H,35,36)(H,37,38). The minimum atomic E-state index is -1.12. The van der Waals surface area contributed by atoms with E-state index in [0.717, 1.165) is 11.4 Å². The van der Waals surface area contributed by atoms with Gasteiger partial charge in [0.15, 0.2) is 29.7 Å². The molecular weight excluding hydrogens is 629 g/mol. The van der Waals surface area contributed by atoms with E-state index in [1.807, 2.05) is 45.6 Å². The number of carbonyl (C=O) groups excluding carboxylic acids is 2. The molecular formula is C30H36INO8. The maximum absolute atomic E-state index is 13.9. The molecule has 2 aliphatic carbocycles. The number of ketones is 2. The quantitative estimate of drug-likeness (QED) is 0.337. The number of hydrogen-bond donors (Lipinski definition) is 2. The minimum Gasteiger partial charge on any atom is -0.490 e. The highest BCUT2D eigenvalue weighted by atomic mass is 127. The van der Waals surface area contributed by atoms with Crippen molar-refractivity contribution in [3.63, 3.8) is 0 Å². The van der Waals surface area contributed by atoms with Crippen molar-refractivity contribution in [2.24, 2.45) is 10.8 Å². The topological polar surface area (TPSA) is 130 Å². The first-order valence-electron chi connectivity index (χ1n) is 13.5. The fraction of sp³-hybridized carbons (Fsp3) is 0.533. The molecule has 0 amide bonds. The molecule has 1 aromatic rings. The summed E-state index contributed by atoms with van der Waals surface area (Å²) >= 11 is 2.06. The molecule has 1 heterocycles. The SMILES string of the molecule is CCOc1cc(C2C3=C(CC(C)(C)CC3=O)N(CCC(=O)O)C3=C2C(=O)CC(C)(C)C3)cc(I)c1OCC(=O)O. The van der Waals surface area contributed by atoms with Crippen LogP contribution in [-0.2, 0) is 19.2 Å². The molecule has 1 aliphatic heterocycles. The molecule has 4 rings (SSSR count). The lowest BCUT2D eigenvalue weighted by Crippen LogP contribution is -2.45. The third kappa shape index (κ3) is 6.06. The van der Waals surface area contributed by atoms with Crippen molar-refractivity contribution in [1.29, 1.82) is 0 Å². The van der Waals surface area contributed by atoms with Gasteiger partial charge in [-0.1, -0.05) is 27.7 Å². The van der Waals surface area contributed by atoms with Crippen LogP contribution in [0.15, 0.2) is 34.7 Å². The third-order valence-corrected chi connectivity index (χ3v) is 8.38. The summed E-state index contributed by atoms with van der Waals surface area (Å²) in [5, 5.41) is 18.7. The predicted octanol–water partition coefficient (Wildman–Crippen LogP) is 5.31. The molecule has 0 atom stereocenters. The van der Waals surface area contributed by atoms with Crippen molar-refractivity contribution >= 4 is 46.1 Å². The molecule has 0 radical (unpaired) electrons. The molecule has 0 saturated carbocycles. The van der Waals surface area contributed by atoms with E-state index in [9.17, 15) is 24.3 Å². The highest BCUT2D eigenvalue weighted by Crippen LogP contribution is 2.55. The zero-order chi connectivity index (χ0) is 29.6. The van der Waals surface area contributed by atoms with Crippen LogP contribution < -0.4 is 9.47 Å². The first-order chi connectivity index (χ1) is 18.6. The molecule has 0 bridgehead atoms. The second-order valence-electron chi connectivity index (χ2n) is 12.3. The minimum absolute atomic E-state index is 0.0556. The van der Waals surface area contributed by atoms with Crippen LogP contribution in [0.2, 0.25) is 0 Å².